The molecule has 0 aromatic heterocycles. The molecule has 6 nitrogen and oxygen atoms in total. The topological polar surface area (TPSA) is 61.6 Å². The standard InChI is InChI=1S/C14H22N4O2/c1-16-8-10-17(11-9-16)7-6-15-12-13-2-4-14(5-3-13)18(19)20/h2-5,15H,6-12H2,1H3. The van der Waals surface area contributed by atoms with Crippen molar-refractivity contribution in [1.29, 1.82) is 0 Å². The van der Waals surface area contributed by atoms with Crippen LogP contribution in [-0.2, 0) is 6.54 Å². The third-order valence-electron chi connectivity index (χ3n) is 3.68. The summed E-state index contributed by atoms with van der Waals surface area (Å²) in [5.74, 6) is 0. The summed E-state index contributed by atoms with van der Waals surface area (Å²) in [5.41, 5.74) is 1.22. The zero-order chi connectivity index (χ0) is 14.4. The van der Waals surface area contributed by atoms with Gasteiger partial charge in [0, 0.05) is 57.9 Å². The summed E-state index contributed by atoms with van der Waals surface area (Å²) >= 11 is 0. The van der Waals surface area contributed by atoms with Crippen LogP contribution in [0.2, 0.25) is 0 Å². The second-order valence-corrected chi connectivity index (χ2v) is 5.25. The minimum absolute atomic E-state index is 0.145. The molecule has 0 amide bonds. The SMILES string of the molecule is CN1CCN(CCNCc2ccc([N+](=O)[O-])cc2)CC1. The van der Waals surface area contributed by atoms with Crippen LogP contribution < -0.4 is 5.32 Å². The Hall–Kier alpha value is -1.50. The second-order valence-electron chi connectivity index (χ2n) is 5.25. The van der Waals surface area contributed by atoms with Gasteiger partial charge in [-0.15, -0.1) is 0 Å². The van der Waals surface area contributed by atoms with Crippen LogP contribution in [-0.4, -0.2) is 61.0 Å². The fourth-order valence-corrected chi connectivity index (χ4v) is 2.28. The fraction of sp³-hybridized carbons (Fsp3) is 0.571. The summed E-state index contributed by atoms with van der Waals surface area (Å²) in [5, 5.41) is 13.9. The summed E-state index contributed by atoms with van der Waals surface area (Å²) in [6.45, 7) is 7.31. The third-order valence-corrected chi connectivity index (χ3v) is 3.68. The highest BCUT2D eigenvalue weighted by atomic mass is 16.6. The lowest BCUT2D eigenvalue weighted by Crippen LogP contribution is -2.46. The maximum Gasteiger partial charge on any atom is 0.269 e. The zero-order valence-corrected chi connectivity index (χ0v) is 11.9. The molecule has 0 spiro atoms. The van der Waals surface area contributed by atoms with Crippen LogP contribution in [0.25, 0.3) is 0 Å². The average molecular weight is 278 g/mol. The molecule has 0 aliphatic carbocycles. The summed E-state index contributed by atoms with van der Waals surface area (Å²) in [4.78, 5) is 15.0. The molecule has 0 bridgehead atoms. The van der Waals surface area contributed by atoms with E-state index in [1.807, 2.05) is 0 Å². The lowest BCUT2D eigenvalue weighted by atomic mass is 10.2. The van der Waals surface area contributed by atoms with Gasteiger partial charge in [-0.3, -0.25) is 15.0 Å². The van der Waals surface area contributed by atoms with E-state index in [1.54, 1.807) is 24.3 Å². The Morgan fingerprint density at radius 1 is 1.20 bits per heavy atom. The lowest BCUT2D eigenvalue weighted by molar-refractivity contribution is -0.384. The monoisotopic (exact) mass is 278 g/mol. The average Bonchev–Trinajstić information content (AvgIpc) is 2.46. The van der Waals surface area contributed by atoms with E-state index in [0.29, 0.717) is 0 Å². The normalized spacial score (nSPS) is 17.2. The van der Waals surface area contributed by atoms with Gasteiger partial charge in [-0.2, -0.15) is 0 Å². The van der Waals surface area contributed by atoms with Crippen molar-refractivity contribution >= 4 is 5.69 Å². The van der Waals surface area contributed by atoms with Crippen LogP contribution in [0, 0.1) is 10.1 Å². The number of non-ortho nitro benzene ring substituents is 1. The van der Waals surface area contributed by atoms with E-state index >= 15 is 0 Å². The molecule has 1 saturated heterocycles. The van der Waals surface area contributed by atoms with Crippen LogP contribution in [0.4, 0.5) is 5.69 Å². The number of piperazine rings is 1. The van der Waals surface area contributed by atoms with Gasteiger partial charge in [0.15, 0.2) is 0 Å². The van der Waals surface area contributed by atoms with Gasteiger partial charge in [-0.05, 0) is 12.6 Å². The summed E-state index contributed by atoms with van der Waals surface area (Å²) in [6, 6.07) is 6.72. The fourth-order valence-electron chi connectivity index (χ4n) is 2.28. The lowest BCUT2D eigenvalue weighted by Gasteiger charge is -2.32. The first kappa shape index (κ1) is 14.9. The van der Waals surface area contributed by atoms with Crippen LogP contribution >= 0.6 is 0 Å². The predicted octanol–water partition coefficient (Wildman–Crippen LogP) is 0.932. The van der Waals surface area contributed by atoms with Crippen LogP contribution in [0.5, 0.6) is 0 Å². The largest absolute Gasteiger partial charge is 0.311 e. The molecule has 1 fully saturated rings. The molecule has 0 unspecified atom stereocenters. The summed E-state index contributed by atoms with van der Waals surface area (Å²) < 4.78 is 0. The van der Waals surface area contributed by atoms with Crippen LogP contribution in [0.3, 0.4) is 0 Å². The predicted molar refractivity (Wildman–Crippen MR) is 78.7 cm³/mol. The molecule has 20 heavy (non-hydrogen) atoms. The van der Waals surface area contributed by atoms with E-state index in [-0.39, 0.29) is 10.6 Å². The van der Waals surface area contributed by atoms with E-state index in [4.69, 9.17) is 0 Å². The van der Waals surface area contributed by atoms with Gasteiger partial charge in [0.05, 0.1) is 4.92 Å². The number of rotatable bonds is 6. The van der Waals surface area contributed by atoms with Crippen molar-refractivity contribution in [2.24, 2.45) is 0 Å². The highest BCUT2D eigenvalue weighted by Crippen LogP contribution is 2.11. The maximum absolute atomic E-state index is 10.6. The van der Waals surface area contributed by atoms with E-state index in [9.17, 15) is 10.1 Å². The van der Waals surface area contributed by atoms with Crippen molar-refractivity contribution in [3.05, 3.63) is 39.9 Å². The number of nitrogens with zero attached hydrogens (tertiary/aromatic N) is 3. The van der Waals surface area contributed by atoms with Crippen molar-refractivity contribution in [1.82, 2.24) is 15.1 Å². The minimum atomic E-state index is -0.370. The molecule has 1 aromatic rings. The Labute approximate surface area is 119 Å². The number of nitro groups is 1. The van der Waals surface area contributed by atoms with Crippen molar-refractivity contribution in [2.75, 3.05) is 46.3 Å². The zero-order valence-electron chi connectivity index (χ0n) is 11.9. The van der Waals surface area contributed by atoms with E-state index < -0.39 is 0 Å². The Morgan fingerprint density at radius 2 is 1.85 bits per heavy atom. The number of likely N-dealkylation sites (N-methyl/N-ethyl adjacent to an activating group) is 1. The molecule has 6 heteroatoms. The van der Waals surface area contributed by atoms with Crippen molar-refractivity contribution in [3.63, 3.8) is 0 Å². The van der Waals surface area contributed by atoms with Gasteiger partial charge < -0.3 is 10.2 Å². The Bertz CT molecular complexity index is 427. The Balaban J connectivity index is 1.64. The van der Waals surface area contributed by atoms with E-state index in [0.717, 1.165) is 51.4 Å². The molecule has 110 valence electrons. The number of hydrogen-bond acceptors (Lipinski definition) is 5. The van der Waals surface area contributed by atoms with E-state index in [1.165, 1.54) is 0 Å². The molecule has 1 heterocycles. The summed E-state index contributed by atoms with van der Waals surface area (Å²) in [7, 11) is 2.16. The van der Waals surface area contributed by atoms with Crippen LogP contribution in [0.1, 0.15) is 5.56 Å². The first-order chi connectivity index (χ1) is 9.65. The van der Waals surface area contributed by atoms with Gasteiger partial charge in [-0.25, -0.2) is 0 Å². The molecule has 1 aromatic carbocycles. The van der Waals surface area contributed by atoms with Gasteiger partial charge >= 0.3 is 0 Å². The number of benzene rings is 1. The highest BCUT2D eigenvalue weighted by molar-refractivity contribution is 5.32. The molecule has 1 aliphatic heterocycles. The molecule has 2 rings (SSSR count). The molecule has 1 N–H and O–H groups in total. The first-order valence-corrected chi connectivity index (χ1v) is 7.00. The van der Waals surface area contributed by atoms with Gasteiger partial charge in [0.25, 0.3) is 5.69 Å². The number of nitrogens with one attached hydrogen (secondary N) is 1. The first-order valence-electron chi connectivity index (χ1n) is 7.00. The Kier molecular flexibility index (Phi) is 5.46. The Morgan fingerprint density at radius 3 is 2.45 bits per heavy atom. The third kappa shape index (κ3) is 4.56. The smallest absolute Gasteiger partial charge is 0.269 e. The maximum atomic E-state index is 10.6. The molecule has 1 aliphatic rings. The minimum Gasteiger partial charge on any atom is -0.311 e. The van der Waals surface area contributed by atoms with Crippen molar-refractivity contribution in [3.8, 4) is 0 Å². The second kappa shape index (κ2) is 7.33. The molecular formula is C14H22N4O2. The number of hydrogen-bond donors (Lipinski definition) is 1. The van der Waals surface area contributed by atoms with Crippen molar-refractivity contribution < 1.29 is 4.92 Å². The number of nitro benzene ring substituents is 1. The molecule has 0 radical (unpaired) electrons. The van der Waals surface area contributed by atoms with Gasteiger partial charge in [0.1, 0.15) is 0 Å². The molecule has 0 saturated carbocycles. The highest BCUT2D eigenvalue weighted by Gasteiger charge is 2.12. The quantitative estimate of drug-likeness (QED) is 0.476. The van der Waals surface area contributed by atoms with Crippen molar-refractivity contribution in [2.45, 2.75) is 6.54 Å². The molecule has 0 atom stereocenters. The van der Waals surface area contributed by atoms with Gasteiger partial charge in [0.2, 0.25) is 0 Å². The molecular weight excluding hydrogens is 256 g/mol. The van der Waals surface area contributed by atoms with E-state index in [2.05, 4.69) is 22.2 Å². The summed E-state index contributed by atoms with van der Waals surface area (Å²) in [6.07, 6.45) is 0. The van der Waals surface area contributed by atoms with Crippen LogP contribution in [0.15, 0.2) is 24.3 Å². The van der Waals surface area contributed by atoms with Gasteiger partial charge in [-0.1, -0.05) is 12.1 Å².